The normalized spacial score (nSPS) is 14.6. The second kappa shape index (κ2) is 8.34. The van der Waals surface area contributed by atoms with Crippen LogP contribution in [0.5, 0.6) is 5.75 Å². The summed E-state index contributed by atoms with van der Waals surface area (Å²) < 4.78 is 0. The Balaban J connectivity index is 1.53. The number of nitrogen functional groups attached to an aromatic ring is 1. The molecule has 0 atom stereocenters. The third kappa shape index (κ3) is 4.15. The molecule has 0 radical (unpaired) electrons. The van der Waals surface area contributed by atoms with Gasteiger partial charge in [0.05, 0.1) is 12.2 Å². The van der Waals surface area contributed by atoms with Gasteiger partial charge in [-0.3, -0.25) is 9.69 Å². The van der Waals surface area contributed by atoms with Gasteiger partial charge in [-0.2, -0.15) is 0 Å². The first-order valence-corrected chi connectivity index (χ1v) is 9.58. The molecule has 0 spiro atoms. The van der Waals surface area contributed by atoms with Crippen molar-refractivity contribution in [3.8, 4) is 28.1 Å². The lowest BCUT2D eigenvalue weighted by Crippen LogP contribution is -2.48. The van der Waals surface area contributed by atoms with E-state index in [0.29, 0.717) is 29.9 Å². The fourth-order valence-corrected chi connectivity index (χ4v) is 3.51. The molecule has 0 aliphatic carbocycles. The summed E-state index contributed by atoms with van der Waals surface area (Å²) in [6.07, 6.45) is 1.74. The molecule has 1 aromatic carbocycles. The zero-order valence-electron chi connectivity index (χ0n) is 16.3. The predicted molar refractivity (Wildman–Crippen MR) is 113 cm³/mol. The van der Waals surface area contributed by atoms with Crippen LogP contribution in [0, 0.1) is 0 Å². The number of para-hydroxylation sites is 1. The van der Waals surface area contributed by atoms with Gasteiger partial charge in [-0.25, -0.2) is 4.98 Å². The molecule has 1 aliphatic heterocycles. The predicted octanol–water partition coefficient (Wildman–Crippen LogP) is 1.70. The van der Waals surface area contributed by atoms with Gasteiger partial charge in [0.1, 0.15) is 11.6 Å². The highest BCUT2D eigenvalue weighted by molar-refractivity contribution is 5.79. The van der Waals surface area contributed by atoms with E-state index in [1.54, 1.807) is 30.5 Å². The quantitative estimate of drug-likeness (QED) is 0.580. The number of benzene rings is 1. The SMILES string of the molecule is Nc1nnc(-c2ccccc2O)cc1-c1ccc(N2CCN(CC(=O)O)CC2)nc1. The summed E-state index contributed by atoms with van der Waals surface area (Å²) in [5.74, 6) is 0.428. The highest BCUT2D eigenvalue weighted by Crippen LogP contribution is 2.32. The first-order chi connectivity index (χ1) is 14.5. The number of aliphatic carboxylic acids is 1. The molecule has 1 aliphatic rings. The van der Waals surface area contributed by atoms with Crippen molar-refractivity contribution in [3.63, 3.8) is 0 Å². The largest absolute Gasteiger partial charge is 0.507 e. The molecule has 0 unspecified atom stereocenters. The van der Waals surface area contributed by atoms with E-state index in [-0.39, 0.29) is 18.1 Å². The molecular weight excluding hydrogens is 384 g/mol. The minimum Gasteiger partial charge on any atom is -0.507 e. The maximum Gasteiger partial charge on any atom is 0.317 e. The number of nitrogens with two attached hydrogens (primary N) is 1. The van der Waals surface area contributed by atoms with Crippen LogP contribution in [-0.4, -0.2) is 69.0 Å². The van der Waals surface area contributed by atoms with Crippen molar-refractivity contribution in [1.82, 2.24) is 20.1 Å². The summed E-state index contributed by atoms with van der Waals surface area (Å²) in [6, 6.07) is 12.6. The molecule has 30 heavy (non-hydrogen) atoms. The minimum atomic E-state index is -0.808. The second-order valence-corrected chi connectivity index (χ2v) is 7.11. The molecule has 154 valence electrons. The lowest BCUT2D eigenvalue weighted by molar-refractivity contribution is -0.138. The first-order valence-electron chi connectivity index (χ1n) is 9.58. The Labute approximate surface area is 173 Å². The van der Waals surface area contributed by atoms with E-state index in [1.165, 1.54) is 0 Å². The van der Waals surface area contributed by atoms with E-state index in [1.807, 2.05) is 23.1 Å². The van der Waals surface area contributed by atoms with Crippen molar-refractivity contribution in [1.29, 1.82) is 0 Å². The zero-order chi connectivity index (χ0) is 21.1. The number of carbonyl (C=O) groups is 1. The average Bonchev–Trinajstić information content (AvgIpc) is 2.75. The summed E-state index contributed by atoms with van der Waals surface area (Å²) >= 11 is 0. The highest BCUT2D eigenvalue weighted by Gasteiger charge is 2.20. The van der Waals surface area contributed by atoms with Crippen LogP contribution < -0.4 is 10.6 Å². The number of aromatic nitrogens is 3. The number of hydrogen-bond acceptors (Lipinski definition) is 8. The van der Waals surface area contributed by atoms with Gasteiger partial charge in [0.15, 0.2) is 5.82 Å². The number of phenolic OH excluding ortho intramolecular Hbond substituents is 1. The molecule has 9 heteroatoms. The molecular formula is C21H22N6O3. The van der Waals surface area contributed by atoms with Gasteiger partial charge in [0.2, 0.25) is 0 Å². The van der Waals surface area contributed by atoms with Crippen LogP contribution in [0.2, 0.25) is 0 Å². The van der Waals surface area contributed by atoms with E-state index in [4.69, 9.17) is 10.8 Å². The number of pyridine rings is 1. The number of carboxylic acid groups (broad SMARTS) is 1. The molecule has 3 aromatic rings. The van der Waals surface area contributed by atoms with Crippen molar-refractivity contribution in [3.05, 3.63) is 48.7 Å². The number of rotatable bonds is 5. The maximum atomic E-state index is 10.9. The van der Waals surface area contributed by atoms with Gasteiger partial charge in [0.25, 0.3) is 0 Å². The number of nitrogens with zero attached hydrogens (tertiary/aromatic N) is 5. The van der Waals surface area contributed by atoms with Crippen LogP contribution >= 0.6 is 0 Å². The molecule has 3 heterocycles. The molecule has 4 rings (SSSR count). The maximum absolute atomic E-state index is 10.9. The Morgan fingerprint density at radius 3 is 2.47 bits per heavy atom. The van der Waals surface area contributed by atoms with E-state index >= 15 is 0 Å². The van der Waals surface area contributed by atoms with Crippen LogP contribution in [0.1, 0.15) is 0 Å². The molecule has 1 fully saturated rings. The fourth-order valence-electron chi connectivity index (χ4n) is 3.51. The Bertz CT molecular complexity index is 1050. The molecule has 1 saturated heterocycles. The Morgan fingerprint density at radius 2 is 1.80 bits per heavy atom. The lowest BCUT2D eigenvalue weighted by Gasteiger charge is -2.34. The number of hydrogen-bond donors (Lipinski definition) is 3. The van der Waals surface area contributed by atoms with Crippen LogP contribution in [0.3, 0.4) is 0 Å². The van der Waals surface area contributed by atoms with Gasteiger partial charge in [-0.05, 0) is 30.3 Å². The van der Waals surface area contributed by atoms with Gasteiger partial charge >= 0.3 is 5.97 Å². The van der Waals surface area contributed by atoms with Crippen LogP contribution in [0.25, 0.3) is 22.4 Å². The molecule has 9 nitrogen and oxygen atoms in total. The average molecular weight is 406 g/mol. The van der Waals surface area contributed by atoms with E-state index in [2.05, 4.69) is 20.1 Å². The van der Waals surface area contributed by atoms with Gasteiger partial charge < -0.3 is 20.8 Å². The summed E-state index contributed by atoms with van der Waals surface area (Å²) in [5, 5.41) is 27.2. The summed E-state index contributed by atoms with van der Waals surface area (Å²) in [6.45, 7) is 2.86. The Kier molecular flexibility index (Phi) is 5.44. The number of aromatic hydroxyl groups is 1. The lowest BCUT2D eigenvalue weighted by atomic mass is 10.0. The van der Waals surface area contributed by atoms with Crippen LogP contribution in [-0.2, 0) is 4.79 Å². The molecule has 0 saturated carbocycles. The molecule has 2 aromatic heterocycles. The summed E-state index contributed by atoms with van der Waals surface area (Å²) in [7, 11) is 0. The highest BCUT2D eigenvalue weighted by atomic mass is 16.4. The van der Waals surface area contributed by atoms with Crippen molar-refractivity contribution in [2.45, 2.75) is 0 Å². The molecule has 0 amide bonds. The zero-order valence-corrected chi connectivity index (χ0v) is 16.3. The minimum absolute atomic E-state index is 0.0633. The number of anilines is 2. The third-order valence-electron chi connectivity index (χ3n) is 5.12. The number of carboxylic acids is 1. The topological polar surface area (TPSA) is 129 Å². The Hall–Kier alpha value is -3.72. The van der Waals surface area contributed by atoms with Crippen molar-refractivity contribution in [2.24, 2.45) is 0 Å². The Morgan fingerprint density at radius 1 is 1.03 bits per heavy atom. The molecule has 0 bridgehead atoms. The monoisotopic (exact) mass is 406 g/mol. The summed E-state index contributed by atoms with van der Waals surface area (Å²) in [5.41, 5.74) is 8.64. The standard InChI is InChI=1S/C21H22N6O3/c22-21-16(11-17(24-25-21)15-3-1-2-4-18(15)28)14-5-6-19(23-12-14)27-9-7-26(8-10-27)13-20(29)30/h1-6,11-12,28H,7-10,13H2,(H2,22,25)(H,29,30). The van der Waals surface area contributed by atoms with Crippen LogP contribution in [0.4, 0.5) is 11.6 Å². The van der Waals surface area contributed by atoms with Gasteiger partial charge in [0, 0.05) is 49.1 Å². The molecule has 4 N–H and O–H groups in total. The van der Waals surface area contributed by atoms with Crippen molar-refractivity contribution >= 4 is 17.6 Å². The van der Waals surface area contributed by atoms with Crippen LogP contribution in [0.15, 0.2) is 48.7 Å². The van der Waals surface area contributed by atoms with Crippen molar-refractivity contribution < 1.29 is 15.0 Å². The van der Waals surface area contributed by atoms with Crippen molar-refractivity contribution in [2.75, 3.05) is 43.4 Å². The summed E-state index contributed by atoms with van der Waals surface area (Å²) in [4.78, 5) is 19.5. The second-order valence-electron chi connectivity index (χ2n) is 7.11. The number of phenols is 1. The van der Waals surface area contributed by atoms with E-state index < -0.39 is 5.97 Å². The smallest absolute Gasteiger partial charge is 0.317 e. The van der Waals surface area contributed by atoms with Gasteiger partial charge in [-0.15, -0.1) is 10.2 Å². The first kappa shape index (κ1) is 19.6. The fraction of sp³-hybridized carbons (Fsp3) is 0.238. The third-order valence-corrected chi connectivity index (χ3v) is 5.12. The van der Waals surface area contributed by atoms with E-state index in [0.717, 1.165) is 24.5 Å². The number of piperazine rings is 1. The van der Waals surface area contributed by atoms with E-state index in [9.17, 15) is 9.90 Å². The van der Waals surface area contributed by atoms with Gasteiger partial charge in [-0.1, -0.05) is 12.1 Å².